The normalized spacial score (nSPS) is 18.9. The number of hydrogen-bond donors (Lipinski definition) is 8. The lowest BCUT2D eigenvalue weighted by atomic mass is 10.1. The Morgan fingerprint density at radius 2 is 1.69 bits per heavy atom. The van der Waals surface area contributed by atoms with E-state index in [1.165, 1.54) is 0 Å². The molecule has 0 saturated carbocycles. The number of hydrogen-bond acceptors (Lipinski definition) is 8. The number of thiol groups is 1. The van der Waals surface area contributed by atoms with Crippen LogP contribution in [0.1, 0.15) is 25.7 Å². The summed E-state index contributed by atoms with van der Waals surface area (Å²) in [5, 5.41) is 28.2. The molecule has 0 bridgehead atoms. The van der Waals surface area contributed by atoms with Crippen molar-refractivity contribution in [1.82, 2.24) is 21.3 Å². The second kappa shape index (κ2) is 12.2. The Hall–Kier alpha value is -2.38. The molecule has 0 aromatic carbocycles. The van der Waals surface area contributed by atoms with Gasteiger partial charge < -0.3 is 37.2 Å². The molecule has 164 valence electrons. The van der Waals surface area contributed by atoms with Gasteiger partial charge in [-0.1, -0.05) is 0 Å². The van der Waals surface area contributed by atoms with E-state index in [4.69, 9.17) is 10.8 Å². The Balaban J connectivity index is 2.78. The van der Waals surface area contributed by atoms with Gasteiger partial charge in [-0.3, -0.25) is 19.2 Å². The number of carboxylic acid groups (broad SMARTS) is 1. The zero-order valence-electron chi connectivity index (χ0n) is 15.7. The van der Waals surface area contributed by atoms with Crippen LogP contribution in [0.15, 0.2) is 0 Å². The van der Waals surface area contributed by atoms with Crippen molar-refractivity contribution in [2.45, 2.75) is 49.9 Å². The van der Waals surface area contributed by atoms with Crippen molar-refractivity contribution < 1.29 is 34.2 Å². The number of nitrogens with one attached hydrogen (secondary N) is 4. The van der Waals surface area contributed by atoms with E-state index in [9.17, 15) is 29.1 Å². The maximum Gasteiger partial charge on any atom is 0.327 e. The minimum atomic E-state index is -1.46. The molecule has 1 aliphatic heterocycles. The maximum absolute atomic E-state index is 12.5. The van der Waals surface area contributed by atoms with Crippen molar-refractivity contribution in [1.29, 1.82) is 0 Å². The Morgan fingerprint density at radius 3 is 2.17 bits per heavy atom. The molecule has 29 heavy (non-hydrogen) atoms. The minimum Gasteiger partial charge on any atom is -0.480 e. The molecule has 4 amide bonds. The predicted molar refractivity (Wildman–Crippen MR) is 104 cm³/mol. The Bertz CT molecular complexity index is 627. The van der Waals surface area contributed by atoms with Crippen molar-refractivity contribution in [2.24, 2.45) is 5.73 Å². The Kier molecular flexibility index (Phi) is 10.4. The lowest BCUT2D eigenvalue weighted by molar-refractivity contribution is -0.142. The van der Waals surface area contributed by atoms with Crippen LogP contribution in [0.25, 0.3) is 0 Å². The lowest BCUT2D eigenvalue weighted by Gasteiger charge is -2.24. The van der Waals surface area contributed by atoms with E-state index in [0.29, 0.717) is 13.0 Å². The van der Waals surface area contributed by atoms with Gasteiger partial charge >= 0.3 is 5.97 Å². The molecule has 0 aromatic heterocycles. The number of carbonyl (C=O) groups excluding carboxylic acids is 4. The molecule has 13 heteroatoms. The zero-order valence-corrected chi connectivity index (χ0v) is 16.6. The van der Waals surface area contributed by atoms with E-state index < -0.39 is 60.4 Å². The molecule has 0 aromatic rings. The summed E-state index contributed by atoms with van der Waals surface area (Å²) in [6.07, 6.45) is 1.11. The van der Waals surface area contributed by atoms with E-state index in [1.807, 2.05) is 0 Å². The van der Waals surface area contributed by atoms with Crippen molar-refractivity contribution >= 4 is 42.2 Å². The molecule has 4 atom stereocenters. The van der Waals surface area contributed by atoms with E-state index >= 15 is 0 Å². The quantitative estimate of drug-likeness (QED) is 0.145. The predicted octanol–water partition coefficient (Wildman–Crippen LogP) is -3.53. The van der Waals surface area contributed by atoms with Crippen LogP contribution < -0.4 is 27.0 Å². The fourth-order valence-electron chi connectivity index (χ4n) is 2.66. The molecule has 8 N–H and O–H groups in total. The highest BCUT2D eigenvalue weighted by Gasteiger charge is 2.31. The first kappa shape index (κ1) is 24.7. The number of carboxylic acids is 1. The van der Waals surface area contributed by atoms with Crippen LogP contribution in [0.5, 0.6) is 0 Å². The molecular formula is C16H27N5O7S. The molecule has 1 rings (SSSR count). The first-order chi connectivity index (χ1) is 13.7. The van der Waals surface area contributed by atoms with E-state index in [2.05, 4.69) is 33.9 Å². The largest absolute Gasteiger partial charge is 0.480 e. The van der Waals surface area contributed by atoms with E-state index in [-0.39, 0.29) is 18.6 Å². The molecule has 12 nitrogen and oxygen atoms in total. The van der Waals surface area contributed by atoms with Crippen LogP contribution >= 0.6 is 12.6 Å². The van der Waals surface area contributed by atoms with Crippen LogP contribution in [0.3, 0.4) is 0 Å². The third-order valence-electron chi connectivity index (χ3n) is 4.30. The molecule has 1 fully saturated rings. The number of carbonyl (C=O) groups is 5. The number of nitrogens with two attached hydrogens (primary N) is 1. The van der Waals surface area contributed by atoms with E-state index in [0.717, 1.165) is 6.42 Å². The summed E-state index contributed by atoms with van der Waals surface area (Å²) in [6.45, 7) is -0.143. The fourth-order valence-corrected chi connectivity index (χ4v) is 2.91. The second-order valence-corrected chi connectivity index (χ2v) is 6.91. The number of aliphatic hydroxyl groups excluding tert-OH is 1. The number of rotatable bonds is 12. The third kappa shape index (κ3) is 8.25. The van der Waals surface area contributed by atoms with Crippen LogP contribution in [0.4, 0.5) is 0 Å². The second-order valence-electron chi connectivity index (χ2n) is 6.54. The first-order valence-corrected chi connectivity index (χ1v) is 9.70. The highest BCUT2D eigenvalue weighted by molar-refractivity contribution is 7.80. The molecule has 1 heterocycles. The average Bonchev–Trinajstić information content (AvgIpc) is 3.21. The SMILES string of the molecule is NC(=O)CCC(NC(=O)C1CCCN1)C(=O)NC(CO)C(=O)NC(CS)C(=O)O. The van der Waals surface area contributed by atoms with Gasteiger partial charge in [0.05, 0.1) is 12.6 Å². The van der Waals surface area contributed by atoms with Crippen LogP contribution in [-0.2, 0) is 24.0 Å². The van der Waals surface area contributed by atoms with E-state index in [1.54, 1.807) is 0 Å². The number of amides is 4. The van der Waals surface area contributed by atoms with Crippen molar-refractivity contribution in [3.63, 3.8) is 0 Å². The van der Waals surface area contributed by atoms with Gasteiger partial charge in [-0.05, 0) is 25.8 Å². The number of primary amides is 1. The zero-order chi connectivity index (χ0) is 22.0. The van der Waals surface area contributed by atoms with Gasteiger partial charge in [0, 0.05) is 12.2 Å². The molecular weight excluding hydrogens is 406 g/mol. The summed E-state index contributed by atoms with van der Waals surface area (Å²) in [4.78, 5) is 59.0. The third-order valence-corrected chi connectivity index (χ3v) is 4.67. The Morgan fingerprint density at radius 1 is 1.07 bits per heavy atom. The Labute approximate surface area is 172 Å². The summed E-state index contributed by atoms with van der Waals surface area (Å²) in [7, 11) is 0. The summed E-state index contributed by atoms with van der Waals surface area (Å²) >= 11 is 3.81. The molecule has 1 saturated heterocycles. The van der Waals surface area contributed by atoms with Gasteiger partial charge in [-0.15, -0.1) is 0 Å². The lowest BCUT2D eigenvalue weighted by Crippen LogP contribution is -2.58. The summed E-state index contributed by atoms with van der Waals surface area (Å²) in [6, 6.07) is -4.40. The highest BCUT2D eigenvalue weighted by atomic mass is 32.1. The average molecular weight is 433 g/mol. The standard InChI is InChI=1S/C16H27N5O7S/c17-12(23)4-3-9(19-13(24)8-2-1-5-18-8)14(25)20-10(6-22)15(26)21-11(7-29)16(27)28/h8-11,18,22,29H,1-7H2,(H2,17,23)(H,19,24)(H,20,25)(H,21,26)(H,27,28). The monoisotopic (exact) mass is 433 g/mol. The van der Waals surface area contributed by atoms with Crippen LogP contribution in [-0.4, -0.2) is 82.9 Å². The molecule has 0 radical (unpaired) electrons. The number of aliphatic carboxylic acids is 1. The fraction of sp³-hybridized carbons (Fsp3) is 0.688. The maximum atomic E-state index is 12.5. The van der Waals surface area contributed by atoms with Crippen molar-refractivity contribution in [2.75, 3.05) is 18.9 Å². The minimum absolute atomic E-state index is 0.103. The molecule has 0 spiro atoms. The van der Waals surface area contributed by atoms with Crippen molar-refractivity contribution in [3.05, 3.63) is 0 Å². The van der Waals surface area contributed by atoms with Gasteiger partial charge in [-0.25, -0.2) is 4.79 Å². The van der Waals surface area contributed by atoms with Crippen LogP contribution in [0.2, 0.25) is 0 Å². The van der Waals surface area contributed by atoms with Gasteiger partial charge in [0.2, 0.25) is 23.6 Å². The number of aliphatic hydroxyl groups is 1. The first-order valence-electron chi connectivity index (χ1n) is 9.06. The van der Waals surface area contributed by atoms with Gasteiger partial charge in [0.25, 0.3) is 0 Å². The highest BCUT2D eigenvalue weighted by Crippen LogP contribution is 2.07. The topological polar surface area (TPSA) is 200 Å². The summed E-state index contributed by atoms with van der Waals surface area (Å²) < 4.78 is 0. The molecule has 0 aliphatic carbocycles. The van der Waals surface area contributed by atoms with Crippen molar-refractivity contribution in [3.8, 4) is 0 Å². The molecule has 1 aliphatic rings. The van der Waals surface area contributed by atoms with Crippen LogP contribution in [0, 0.1) is 0 Å². The van der Waals surface area contributed by atoms with Gasteiger partial charge in [-0.2, -0.15) is 12.6 Å². The summed E-state index contributed by atoms with van der Waals surface area (Å²) in [5.74, 6) is -4.38. The summed E-state index contributed by atoms with van der Waals surface area (Å²) in [5.41, 5.74) is 5.11. The smallest absolute Gasteiger partial charge is 0.327 e. The van der Waals surface area contributed by atoms with Gasteiger partial charge in [0.15, 0.2) is 0 Å². The van der Waals surface area contributed by atoms with Gasteiger partial charge in [0.1, 0.15) is 18.1 Å². The molecule has 4 unspecified atom stereocenters.